The van der Waals surface area contributed by atoms with Gasteiger partial charge in [0.25, 0.3) is 0 Å². The standard InChI is InChI=1S/C11H10N2O3/c14-5-8-4-10-9(12-6-13-10)3-7(8)1-2-11(15)16/h1-4,6,14H,5H2,(H,12,13)(H,15,16)/b2-1+. The monoisotopic (exact) mass is 218 g/mol. The van der Waals surface area contributed by atoms with E-state index in [2.05, 4.69) is 9.97 Å². The largest absolute Gasteiger partial charge is 0.478 e. The van der Waals surface area contributed by atoms with E-state index in [9.17, 15) is 4.79 Å². The van der Waals surface area contributed by atoms with E-state index in [4.69, 9.17) is 10.2 Å². The van der Waals surface area contributed by atoms with Gasteiger partial charge in [0, 0.05) is 6.08 Å². The van der Waals surface area contributed by atoms with E-state index >= 15 is 0 Å². The smallest absolute Gasteiger partial charge is 0.328 e. The van der Waals surface area contributed by atoms with Crippen molar-refractivity contribution in [2.75, 3.05) is 0 Å². The molecule has 1 heterocycles. The number of benzene rings is 1. The second kappa shape index (κ2) is 4.16. The van der Waals surface area contributed by atoms with Crippen LogP contribution in [0.3, 0.4) is 0 Å². The molecule has 1 aromatic heterocycles. The zero-order valence-electron chi connectivity index (χ0n) is 8.34. The minimum Gasteiger partial charge on any atom is -0.478 e. The summed E-state index contributed by atoms with van der Waals surface area (Å²) in [4.78, 5) is 17.4. The lowest BCUT2D eigenvalue weighted by Gasteiger charge is -2.02. The molecule has 0 saturated heterocycles. The predicted molar refractivity (Wildman–Crippen MR) is 58.7 cm³/mol. The molecule has 0 unspecified atom stereocenters. The molecule has 0 bridgehead atoms. The van der Waals surface area contributed by atoms with Crippen LogP contribution in [0, 0.1) is 0 Å². The van der Waals surface area contributed by atoms with E-state index < -0.39 is 5.97 Å². The topological polar surface area (TPSA) is 86.2 Å². The van der Waals surface area contributed by atoms with Gasteiger partial charge in [0.2, 0.25) is 0 Å². The van der Waals surface area contributed by atoms with Gasteiger partial charge < -0.3 is 15.2 Å². The van der Waals surface area contributed by atoms with Gasteiger partial charge in [0.15, 0.2) is 0 Å². The lowest BCUT2D eigenvalue weighted by atomic mass is 10.1. The van der Waals surface area contributed by atoms with Crippen molar-refractivity contribution >= 4 is 23.1 Å². The molecule has 0 aliphatic rings. The molecule has 5 heteroatoms. The average molecular weight is 218 g/mol. The minimum absolute atomic E-state index is 0.145. The second-order valence-corrected chi connectivity index (χ2v) is 3.30. The molecule has 0 saturated carbocycles. The zero-order valence-corrected chi connectivity index (χ0v) is 8.34. The minimum atomic E-state index is -1.02. The molecule has 16 heavy (non-hydrogen) atoms. The number of nitrogens with zero attached hydrogens (tertiary/aromatic N) is 1. The molecular formula is C11H10N2O3. The second-order valence-electron chi connectivity index (χ2n) is 3.30. The van der Waals surface area contributed by atoms with Crippen molar-refractivity contribution in [3.8, 4) is 0 Å². The van der Waals surface area contributed by atoms with Crippen molar-refractivity contribution < 1.29 is 15.0 Å². The third-order valence-electron chi connectivity index (χ3n) is 2.26. The maximum absolute atomic E-state index is 10.4. The summed E-state index contributed by atoms with van der Waals surface area (Å²) in [7, 11) is 0. The molecule has 5 nitrogen and oxygen atoms in total. The van der Waals surface area contributed by atoms with E-state index in [0.29, 0.717) is 11.1 Å². The van der Waals surface area contributed by atoms with Crippen molar-refractivity contribution in [1.29, 1.82) is 0 Å². The number of imidazole rings is 1. The molecule has 0 aliphatic carbocycles. The third-order valence-corrected chi connectivity index (χ3v) is 2.26. The molecule has 1 aromatic carbocycles. The lowest BCUT2D eigenvalue weighted by molar-refractivity contribution is -0.131. The Morgan fingerprint density at radius 2 is 2.31 bits per heavy atom. The first kappa shape index (κ1) is 10.4. The van der Waals surface area contributed by atoms with Crippen molar-refractivity contribution in [2.24, 2.45) is 0 Å². The Hall–Kier alpha value is -2.14. The number of hydrogen-bond donors (Lipinski definition) is 3. The van der Waals surface area contributed by atoms with Crippen LogP contribution in [-0.4, -0.2) is 26.2 Å². The molecule has 0 amide bonds. The Kier molecular flexibility index (Phi) is 2.70. The Morgan fingerprint density at radius 1 is 1.50 bits per heavy atom. The number of rotatable bonds is 3. The first-order valence-corrected chi connectivity index (χ1v) is 4.68. The molecule has 0 aliphatic heterocycles. The Bertz CT molecular complexity index is 557. The number of aliphatic carboxylic acids is 1. The first-order chi connectivity index (χ1) is 7.70. The molecule has 0 atom stereocenters. The third kappa shape index (κ3) is 1.94. The summed E-state index contributed by atoms with van der Waals surface area (Å²) in [5, 5.41) is 17.7. The van der Waals surface area contributed by atoms with Gasteiger partial charge in [-0.25, -0.2) is 9.78 Å². The van der Waals surface area contributed by atoms with Crippen LogP contribution in [0.5, 0.6) is 0 Å². The fourth-order valence-corrected chi connectivity index (χ4v) is 1.50. The van der Waals surface area contributed by atoms with Crippen LogP contribution in [-0.2, 0) is 11.4 Å². The van der Waals surface area contributed by atoms with Gasteiger partial charge in [0.1, 0.15) is 0 Å². The fraction of sp³-hybridized carbons (Fsp3) is 0.0909. The van der Waals surface area contributed by atoms with Crippen molar-refractivity contribution in [3.63, 3.8) is 0 Å². The number of fused-ring (bicyclic) bond motifs is 1. The highest BCUT2D eigenvalue weighted by Crippen LogP contribution is 2.18. The van der Waals surface area contributed by atoms with Crippen molar-refractivity contribution in [1.82, 2.24) is 9.97 Å². The van der Waals surface area contributed by atoms with Crippen LogP contribution in [0.4, 0.5) is 0 Å². The Labute approximate surface area is 91.1 Å². The van der Waals surface area contributed by atoms with E-state index in [0.717, 1.165) is 17.1 Å². The summed E-state index contributed by atoms with van der Waals surface area (Å²) < 4.78 is 0. The quantitative estimate of drug-likeness (QED) is 0.674. The van der Waals surface area contributed by atoms with Crippen LogP contribution < -0.4 is 0 Å². The van der Waals surface area contributed by atoms with E-state index in [1.165, 1.54) is 6.08 Å². The molecule has 0 fully saturated rings. The van der Waals surface area contributed by atoms with Crippen LogP contribution in [0.1, 0.15) is 11.1 Å². The van der Waals surface area contributed by atoms with Gasteiger partial charge in [-0.1, -0.05) is 0 Å². The van der Waals surface area contributed by atoms with Crippen molar-refractivity contribution in [2.45, 2.75) is 6.61 Å². The maximum atomic E-state index is 10.4. The average Bonchev–Trinajstić information content (AvgIpc) is 2.71. The van der Waals surface area contributed by atoms with E-state index in [1.54, 1.807) is 18.5 Å². The Balaban J connectivity index is 2.52. The van der Waals surface area contributed by atoms with Crippen LogP contribution in [0.25, 0.3) is 17.1 Å². The maximum Gasteiger partial charge on any atom is 0.328 e. The number of carbonyl (C=O) groups is 1. The predicted octanol–water partition coefficient (Wildman–Crippen LogP) is 1.15. The lowest BCUT2D eigenvalue weighted by Crippen LogP contribution is -1.91. The van der Waals surface area contributed by atoms with Crippen molar-refractivity contribution in [3.05, 3.63) is 35.7 Å². The highest BCUT2D eigenvalue weighted by Gasteiger charge is 2.04. The summed E-state index contributed by atoms with van der Waals surface area (Å²) in [6.07, 6.45) is 4.03. The highest BCUT2D eigenvalue weighted by molar-refractivity contribution is 5.87. The fourth-order valence-electron chi connectivity index (χ4n) is 1.50. The van der Waals surface area contributed by atoms with Crippen LogP contribution >= 0.6 is 0 Å². The van der Waals surface area contributed by atoms with Gasteiger partial charge in [0.05, 0.1) is 24.0 Å². The van der Waals surface area contributed by atoms with Gasteiger partial charge >= 0.3 is 5.97 Å². The molecular weight excluding hydrogens is 208 g/mol. The molecule has 2 rings (SSSR count). The highest BCUT2D eigenvalue weighted by atomic mass is 16.4. The van der Waals surface area contributed by atoms with E-state index in [1.807, 2.05) is 0 Å². The molecule has 0 spiro atoms. The number of aliphatic hydroxyl groups excluding tert-OH is 1. The summed E-state index contributed by atoms with van der Waals surface area (Å²) >= 11 is 0. The molecule has 82 valence electrons. The van der Waals surface area contributed by atoms with Gasteiger partial charge in [-0.3, -0.25) is 0 Å². The number of aliphatic hydroxyl groups is 1. The molecule has 2 aromatic rings. The number of carboxylic acid groups (broad SMARTS) is 1. The Morgan fingerprint density at radius 3 is 3.00 bits per heavy atom. The van der Waals surface area contributed by atoms with E-state index in [-0.39, 0.29) is 6.61 Å². The first-order valence-electron chi connectivity index (χ1n) is 4.68. The number of aromatic nitrogens is 2. The SMILES string of the molecule is O=C(O)/C=C/c1cc2nc[nH]c2cc1CO. The summed E-state index contributed by atoms with van der Waals surface area (Å²) in [5.41, 5.74) is 2.87. The number of carboxylic acids is 1. The number of hydrogen-bond acceptors (Lipinski definition) is 3. The molecule has 0 radical (unpaired) electrons. The molecule has 3 N–H and O–H groups in total. The van der Waals surface area contributed by atoms with Crippen LogP contribution in [0.2, 0.25) is 0 Å². The number of nitrogens with one attached hydrogen (secondary N) is 1. The normalized spacial score (nSPS) is 11.3. The summed E-state index contributed by atoms with van der Waals surface area (Å²) in [5.74, 6) is -1.02. The van der Waals surface area contributed by atoms with Gasteiger partial charge in [-0.15, -0.1) is 0 Å². The van der Waals surface area contributed by atoms with Crippen LogP contribution in [0.15, 0.2) is 24.5 Å². The summed E-state index contributed by atoms with van der Waals surface area (Å²) in [6, 6.07) is 3.49. The van der Waals surface area contributed by atoms with Gasteiger partial charge in [-0.05, 0) is 29.3 Å². The number of aromatic amines is 1. The number of H-pyrrole nitrogens is 1. The zero-order chi connectivity index (χ0) is 11.5. The van der Waals surface area contributed by atoms with Gasteiger partial charge in [-0.2, -0.15) is 0 Å². The summed E-state index contributed by atoms with van der Waals surface area (Å²) in [6.45, 7) is -0.145.